The SMILES string of the molecule is CCCNC(CCCC1CCCO1)c1cscn1. The van der Waals surface area contributed by atoms with Crippen LogP contribution in [0.3, 0.4) is 0 Å². The van der Waals surface area contributed by atoms with Gasteiger partial charge in [-0.3, -0.25) is 0 Å². The highest BCUT2D eigenvalue weighted by Gasteiger charge is 2.17. The Bertz CT molecular complexity index is 310. The number of nitrogens with zero attached hydrogens (tertiary/aromatic N) is 1. The minimum absolute atomic E-state index is 0.428. The van der Waals surface area contributed by atoms with Gasteiger partial charge in [-0.1, -0.05) is 6.92 Å². The first kappa shape index (κ1) is 14.0. The monoisotopic (exact) mass is 268 g/mol. The van der Waals surface area contributed by atoms with Crippen molar-refractivity contribution in [1.82, 2.24) is 10.3 Å². The van der Waals surface area contributed by atoms with E-state index in [9.17, 15) is 0 Å². The Labute approximate surface area is 114 Å². The van der Waals surface area contributed by atoms with Gasteiger partial charge in [-0.2, -0.15) is 0 Å². The third-order valence-corrected chi connectivity index (χ3v) is 4.10. The van der Waals surface area contributed by atoms with E-state index in [-0.39, 0.29) is 0 Å². The van der Waals surface area contributed by atoms with Gasteiger partial charge in [-0.05, 0) is 45.1 Å². The van der Waals surface area contributed by atoms with Gasteiger partial charge in [0.2, 0.25) is 0 Å². The highest BCUT2D eigenvalue weighted by atomic mass is 32.1. The molecule has 0 spiro atoms. The zero-order chi connectivity index (χ0) is 12.6. The van der Waals surface area contributed by atoms with E-state index < -0.39 is 0 Å². The van der Waals surface area contributed by atoms with Crippen LogP contribution >= 0.6 is 11.3 Å². The average molecular weight is 268 g/mol. The lowest BCUT2D eigenvalue weighted by atomic mass is 10.0. The first-order chi connectivity index (χ1) is 8.90. The number of nitrogens with one attached hydrogen (secondary N) is 1. The highest BCUT2D eigenvalue weighted by molar-refractivity contribution is 7.07. The molecule has 1 aliphatic heterocycles. The van der Waals surface area contributed by atoms with Crippen molar-refractivity contribution in [3.05, 3.63) is 16.6 Å². The number of hydrogen-bond acceptors (Lipinski definition) is 4. The molecule has 102 valence electrons. The van der Waals surface area contributed by atoms with Crippen molar-refractivity contribution in [2.24, 2.45) is 0 Å². The molecule has 0 aliphatic carbocycles. The molecule has 0 bridgehead atoms. The molecule has 4 heteroatoms. The van der Waals surface area contributed by atoms with E-state index in [0.717, 1.165) is 13.2 Å². The molecule has 2 atom stereocenters. The number of thiazole rings is 1. The Kier molecular flexibility index (Phi) is 6.11. The molecule has 1 fully saturated rings. The highest BCUT2D eigenvalue weighted by Crippen LogP contribution is 2.23. The van der Waals surface area contributed by atoms with Gasteiger partial charge < -0.3 is 10.1 Å². The smallest absolute Gasteiger partial charge is 0.0795 e. The summed E-state index contributed by atoms with van der Waals surface area (Å²) in [6.07, 6.45) is 7.79. The molecule has 18 heavy (non-hydrogen) atoms. The first-order valence-electron chi connectivity index (χ1n) is 7.13. The predicted octanol–water partition coefficient (Wildman–Crippen LogP) is 3.53. The molecule has 3 nitrogen and oxygen atoms in total. The maximum atomic E-state index is 5.67. The maximum Gasteiger partial charge on any atom is 0.0795 e. The molecule has 0 amide bonds. The summed E-state index contributed by atoms with van der Waals surface area (Å²) < 4.78 is 5.67. The average Bonchev–Trinajstić information content (AvgIpc) is 3.05. The summed E-state index contributed by atoms with van der Waals surface area (Å²) in [5, 5.41) is 5.77. The van der Waals surface area contributed by atoms with Gasteiger partial charge in [0.15, 0.2) is 0 Å². The Hall–Kier alpha value is -0.450. The van der Waals surface area contributed by atoms with Gasteiger partial charge in [-0.15, -0.1) is 11.3 Å². The maximum absolute atomic E-state index is 5.67. The van der Waals surface area contributed by atoms with Crippen molar-refractivity contribution in [3.63, 3.8) is 0 Å². The molecule has 1 aromatic rings. The Balaban J connectivity index is 1.74. The molecule has 1 aromatic heterocycles. The second-order valence-electron chi connectivity index (χ2n) is 4.99. The van der Waals surface area contributed by atoms with Crippen LogP contribution in [-0.4, -0.2) is 24.2 Å². The molecule has 2 heterocycles. The van der Waals surface area contributed by atoms with Crippen molar-refractivity contribution >= 4 is 11.3 Å². The molecule has 2 unspecified atom stereocenters. The van der Waals surface area contributed by atoms with E-state index in [0.29, 0.717) is 12.1 Å². The largest absolute Gasteiger partial charge is 0.378 e. The molecule has 0 radical (unpaired) electrons. The van der Waals surface area contributed by atoms with E-state index in [1.165, 1.54) is 44.2 Å². The number of hydrogen-bond donors (Lipinski definition) is 1. The summed E-state index contributed by atoms with van der Waals surface area (Å²) in [6.45, 7) is 4.24. The summed E-state index contributed by atoms with van der Waals surface area (Å²) in [7, 11) is 0. The Morgan fingerprint density at radius 3 is 3.22 bits per heavy atom. The standard InChI is InChI=1S/C14H24N2OS/c1-2-8-15-13(14-10-18-11-16-14)7-3-5-12-6-4-9-17-12/h10-13,15H,2-9H2,1H3. The van der Waals surface area contributed by atoms with Crippen LogP contribution in [0.5, 0.6) is 0 Å². The molecule has 0 aromatic carbocycles. The molecule has 1 N–H and O–H groups in total. The quantitative estimate of drug-likeness (QED) is 0.783. The first-order valence-corrected chi connectivity index (χ1v) is 8.07. The molecule has 0 saturated carbocycles. The fraction of sp³-hybridized carbons (Fsp3) is 0.786. The summed E-state index contributed by atoms with van der Waals surface area (Å²) in [5.41, 5.74) is 3.14. The van der Waals surface area contributed by atoms with E-state index >= 15 is 0 Å². The van der Waals surface area contributed by atoms with Crippen LogP contribution in [0.1, 0.15) is 57.2 Å². The second kappa shape index (κ2) is 7.87. The third-order valence-electron chi connectivity index (χ3n) is 3.49. The lowest BCUT2D eigenvalue weighted by Gasteiger charge is -2.17. The predicted molar refractivity (Wildman–Crippen MR) is 76.0 cm³/mol. The van der Waals surface area contributed by atoms with Gasteiger partial charge >= 0.3 is 0 Å². The molecular weight excluding hydrogens is 244 g/mol. The van der Waals surface area contributed by atoms with Crippen molar-refractivity contribution in [2.75, 3.05) is 13.2 Å². The van der Waals surface area contributed by atoms with Crippen LogP contribution in [0.15, 0.2) is 10.9 Å². The number of rotatable bonds is 8. The van der Waals surface area contributed by atoms with Gasteiger partial charge in [0.1, 0.15) is 0 Å². The van der Waals surface area contributed by atoms with E-state index in [2.05, 4.69) is 22.6 Å². The van der Waals surface area contributed by atoms with Crippen molar-refractivity contribution in [2.45, 2.75) is 57.6 Å². The Morgan fingerprint density at radius 1 is 1.61 bits per heavy atom. The van der Waals surface area contributed by atoms with Crippen LogP contribution in [0.4, 0.5) is 0 Å². The van der Waals surface area contributed by atoms with Crippen LogP contribution in [0.25, 0.3) is 0 Å². The normalized spacial score (nSPS) is 21.3. The van der Waals surface area contributed by atoms with Crippen molar-refractivity contribution in [3.8, 4) is 0 Å². The van der Waals surface area contributed by atoms with Crippen LogP contribution < -0.4 is 5.32 Å². The van der Waals surface area contributed by atoms with Crippen LogP contribution in [0.2, 0.25) is 0 Å². The molecule has 2 rings (SSSR count). The fourth-order valence-corrected chi connectivity index (χ4v) is 3.10. The summed E-state index contributed by atoms with van der Waals surface area (Å²) in [6, 6.07) is 0.428. The van der Waals surface area contributed by atoms with Gasteiger partial charge in [-0.25, -0.2) is 4.98 Å². The van der Waals surface area contributed by atoms with Crippen molar-refractivity contribution in [1.29, 1.82) is 0 Å². The van der Waals surface area contributed by atoms with E-state index in [1.807, 2.05) is 5.51 Å². The molecule has 1 saturated heterocycles. The van der Waals surface area contributed by atoms with Gasteiger partial charge in [0.05, 0.1) is 23.4 Å². The van der Waals surface area contributed by atoms with Crippen molar-refractivity contribution < 1.29 is 4.74 Å². The summed E-state index contributed by atoms with van der Waals surface area (Å²) in [4.78, 5) is 4.44. The minimum atomic E-state index is 0.428. The van der Waals surface area contributed by atoms with Crippen LogP contribution in [-0.2, 0) is 4.74 Å². The topological polar surface area (TPSA) is 34.1 Å². The zero-order valence-electron chi connectivity index (χ0n) is 11.2. The zero-order valence-corrected chi connectivity index (χ0v) is 12.0. The van der Waals surface area contributed by atoms with Crippen LogP contribution in [0, 0.1) is 0 Å². The molecular formula is C14H24N2OS. The fourth-order valence-electron chi connectivity index (χ4n) is 2.49. The van der Waals surface area contributed by atoms with E-state index in [1.54, 1.807) is 11.3 Å². The lowest BCUT2D eigenvalue weighted by Crippen LogP contribution is -2.22. The lowest BCUT2D eigenvalue weighted by molar-refractivity contribution is 0.101. The minimum Gasteiger partial charge on any atom is -0.378 e. The van der Waals surface area contributed by atoms with E-state index in [4.69, 9.17) is 4.74 Å². The molecule has 1 aliphatic rings. The van der Waals surface area contributed by atoms with Gasteiger partial charge in [0, 0.05) is 12.0 Å². The summed E-state index contributed by atoms with van der Waals surface area (Å²) in [5.74, 6) is 0. The third kappa shape index (κ3) is 4.34. The van der Waals surface area contributed by atoms with Gasteiger partial charge in [0.25, 0.3) is 0 Å². The number of aromatic nitrogens is 1. The Morgan fingerprint density at radius 2 is 2.56 bits per heavy atom. The second-order valence-corrected chi connectivity index (χ2v) is 5.70. The summed E-state index contributed by atoms with van der Waals surface area (Å²) >= 11 is 1.68. The number of ether oxygens (including phenoxy) is 1.